The van der Waals surface area contributed by atoms with Crippen LogP contribution >= 0.6 is 0 Å². The first-order chi connectivity index (χ1) is 9.99. The van der Waals surface area contributed by atoms with Gasteiger partial charge < -0.3 is 14.5 Å². The number of nitrogens with zero attached hydrogens (tertiary/aromatic N) is 4. The van der Waals surface area contributed by atoms with Gasteiger partial charge in [0.1, 0.15) is 11.6 Å². The van der Waals surface area contributed by atoms with Gasteiger partial charge in [0.05, 0.1) is 0 Å². The van der Waals surface area contributed by atoms with E-state index in [1.54, 1.807) is 11.8 Å². The predicted octanol–water partition coefficient (Wildman–Crippen LogP) is 0.498. The molecule has 1 atom stereocenters. The summed E-state index contributed by atoms with van der Waals surface area (Å²) >= 11 is 0. The molecule has 7 nitrogen and oxygen atoms in total. The third-order valence-corrected chi connectivity index (χ3v) is 4.59. The molecular formula is C14H22N4O3. The van der Waals surface area contributed by atoms with Gasteiger partial charge in [-0.05, 0) is 39.7 Å². The minimum absolute atomic E-state index is 0.103. The fraction of sp³-hybridized carbons (Fsp3) is 0.786. The average molecular weight is 294 g/mol. The average Bonchev–Trinajstić information content (AvgIpc) is 3.08. The minimum Gasteiger partial charge on any atom is -0.380 e. The van der Waals surface area contributed by atoms with Crippen molar-refractivity contribution in [1.29, 1.82) is 0 Å². The predicted molar refractivity (Wildman–Crippen MR) is 74.4 cm³/mol. The number of aliphatic hydroxyl groups is 1. The summed E-state index contributed by atoms with van der Waals surface area (Å²) in [6.45, 7) is 3.62. The van der Waals surface area contributed by atoms with E-state index in [1.165, 1.54) is 0 Å². The number of hydrogen-bond donors (Lipinski definition) is 1. The fourth-order valence-corrected chi connectivity index (χ4v) is 3.24. The fourth-order valence-electron chi connectivity index (χ4n) is 3.24. The van der Waals surface area contributed by atoms with E-state index in [2.05, 4.69) is 15.0 Å². The van der Waals surface area contributed by atoms with E-state index in [1.807, 2.05) is 7.05 Å². The molecule has 0 radical (unpaired) electrons. The Hall–Kier alpha value is -1.47. The van der Waals surface area contributed by atoms with E-state index in [-0.39, 0.29) is 11.9 Å². The van der Waals surface area contributed by atoms with Crippen LogP contribution in [0.5, 0.6) is 0 Å². The van der Waals surface area contributed by atoms with Crippen LogP contribution < -0.4 is 0 Å². The van der Waals surface area contributed by atoms with Crippen LogP contribution in [0.2, 0.25) is 0 Å². The molecule has 1 aliphatic heterocycles. The summed E-state index contributed by atoms with van der Waals surface area (Å²) in [6.07, 6.45) is 2.98. The molecule has 7 heteroatoms. The van der Waals surface area contributed by atoms with E-state index in [0.717, 1.165) is 19.4 Å². The van der Waals surface area contributed by atoms with Gasteiger partial charge in [0.15, 0.2) is 5.82 Å². The zero-order valence-corrected chi connectivity index (χ0v) is 12.6. The van der Waals surface area contributed by atoms with Gasteiger partial charge in [-0.1, -0.05) is 5.16 Å². The number of piperazine rings is 1. The number of carbonyl (C=O) groups excluding carboxylic acids is 1. The van der Waals surface area contributed by atoms with Gasteiger partial charge in [0.25, 0.3) is 5.91 Å². The van der Waals surface area contributed by atoms with Crippen LogP contribution in [0.3, 0.4) is 0 Å². The smallest absolute Gasteiger partial charge is 0.254 e. The molecule has 0 aromatic carbocycles. The van der Waals surface area contributed by atoms with E-state index < -0.39 is 5.60 Å². The summed E-state index contributed by atoms with van der Waals surface area (Å²) in [5.74, 6) is 0.983. The first kappa shape index (κ1) is 14.5. The lowest BCUT2D eigenvalue weighted by Gasteiger charge is -2.40. The Morgan fingerprint density at radius 3 is 2.71 bits per heavy atom. The molecule has 0 bridgehead atoms. The number of aromatic nitrogens is 2. The molecule has 1 aliphatic carbocycles. The molecule has 2 aliphatic rings. The molecule has 1 N–H and O–H groups in total. The summed E-state index contributed by atoms with van der Waals surface area (Å²) in [5, 5.41) is 14.3. The van der Waals surface area contributed by atoms with Gasteiger partial charge in [-0.15, -0.1) is 0 Å². The molecule has 3 rings (SSSR count). The molecular weight excluding hydrogens is 272 g/mol. The maximum Gasteiger partial charge on any atom is 0.254 e. The van der Waals surface area contributed by atoms with Crippen molar-refractivity contribution in [1.82, 2.24) is 19.9 Å². The molecule has 0 spiro atoms. The third kappa shape index (κ3) is 2.67. The second kappa shape index (κ2) is 5.38. The second-order valence-electron chi connectivity index (χ2n) is 6.17. The number of carbonyl (C=O) groups is 1. The molecule has 1 aromatic heterocycles. The Morgan fingerprint density at radius 2 is 2.10 bits per heavy atom. The lowest BCUT2D eigenvalue weighted by atomic mass is 9.99. The highest BCUT2D eigenvalue weighted by Crippen LogP contribution is 2.33. The van der Waals surface area contributed by atoms with Gasteiger partial charge in [-0.3, -0.25) is 9.69 Å². The van der Waals surface area contributed by atoms with Crippen molar-refractivity contribution in [3.8, 4) is 0 Å². The van der Waals surface area contributed by atoms with Crippen molar-refractivity contribution in [3.05, 3.63) is 11.7 Å². The highest BCUT2D eigenvalue weighted by molar-refractivity contribution is 5.85. The van der Waals surface area contributed by atoms with Crippen molar-refractivity contribution < 1.29 is 14.4 Å². The zero-order valence-electron chi connectivity index (χ0n) is 12.6. The van der Waals surface area contributed by atoms with Crippen molar-refractivity contribution in [2.75, 3.05) is 26.7 Å². The maximum atomic E-state index is 12.6. The monoisotopic (exact) mass is 294 g/mol. The number of rotatable bonds is 2. The van der Waals surface area contributed by atoms with Gasteiger partial charge >= 0.3 is 0 Å². The van der Waals surface area contributed by atoms with Crippen molar-refractivity contribution in [3.63, 3.8) is 0 Å². The first-order valence-corrected chi connectivity index (χ1v) is 7.52. The highest BCUT2D eigenvalue weighted by Gasteiger charge is 2.43. The molecule has 2 heterocycles. The number of aryl methyl sites for hydroxylation is 1. The molecule has 1 amide bonds. The largest absolute Gasteiger partial charge is 0.380 e. The van der Waals surface area contributed by atoms with E-state index in [0.29, 0.717) is 37.6 Å². The number of hydrogen-bond acceptors (Lipinski definition) is 6. The van der Waals surface area contributed by atoms with Crippen molar-refractivity contribution >= 4 is 5.91 Å². The quantitative estimate of drug-likeness (QED) is 0.855. The summed E-state index contributed by atoms with van der Waals surface area (Å²) in [7, 11) is 1.98. The number of amides is 1. The van der Waals surface area contributed by atoms with E-state index >= 15 is 0 Å². The Bertz CT molecular complexity index is 524. The number of likely N-dealkylation sites (N-methyl/N-ethyl adjacent to an activating group) is 1. The van der Waals surface area contributed by atoms with Gasteiger partial charge in [0.2, 0.25) is 5.89 Å². The summed E-state index contributed by atoms with van der Waals surface area (Å²) in [6, 6.07) is -0.103. The first-order valence-electron chi connectivity index (χ1n) is 7.52. The van der Waals surface area contributed by atoms with Gasteiger partial charge in [-0.2, -0.15) is 4.98 Å². The Balaban J connectivity index is 1.75. The summed E-state index contributed by atoms with van der Waals surface area (Å²) < 4.78 is 5.25. The van der Waals surface area contributed by atoms with Crippen molar-refractivity contribution in [2.45, 2.75) is 44.2 Å². The summed E-state index contributed by atoms with van der Waals surface area (Å²) in [5.41, 5.74) is -1.16. The lowest BCUT2D eigenvalue weighted by molar-refractivity contribution is -0.153. The normalized spacial score (nSPS) is 26.2. The summed E-state index contributed by atoms with van der Waals surface area (Å²) in [4.78, 5) is 20.7. The molecule has 1 saturated heterocycles. The standard InChI is InChI=1S/C14H22N4O3/c1-10-15-12(21-16-10)11-9-18(8-7-17(11)2)13(19)14(20)5-3-4-6-14/h11,20H,3-9H2,1-2H3/t11-/m1/s1. The highest BCUT2D eigenvalue weighted by atomic mass is 16.5. The van der Waals surface area contributed by atoms with Crippen LogP contribution in [-0.4, -0.2) is 63.2 Å². The molecule has 1 saturated carbocycles. The van der Waals surface area contributed by atoms with Crippen LogP contribution in [0.4, 0.5) is 0 Å². The molecule has 0 unspecified atom stereocenters. The third-order valence-electron chi connectivity index (χ3n) is 4.59. The topological polar surface area (TPSA) is 82.7 Å². The van der Waals surface area contributed by atoms with Crippen LogP contribution in [-0.2, 0) is 4.79 Å². The lowest BCUT2D eigenvalue weighted by Crippen LogP contribution is -2.55. The molecule has 2 fully saturated rings. The molecule has 1 aromatic rings. The SMILES string of the molecule is Cc1noc([C@H]2CN(C(=O)C3(O)CCCC3)CCN2C)n1. The van der Waals surface area contributed by atoms with Crippen LogP contribution in [0, 0.1) is 6.92 Å². The molecule has 116 valence electrons. The second-order valence-corrected chi connectivity index (χ2v) is 6.17. The van der Waals surface area contributed by atoms with Crippen molar-refractivity contribution in [2.24, 2.45) is 0 Å². The van der Waals surface area contributed by atoms with E-state index in [9.17, 15) is 9.90 Å². The van der Waals surface area contributed by atoms with Gasteiger partial charge in [0, 0.05) is 19.6 Å². The molecule has 21 heavy (non-hydrogen) atoms. The van der Waals surface area contributed by atoms with Crippen LogP contribution in [0.25, 0.3) is 0 Å². The van der Waals surface area contributed by atoms with Crippen LogP contribution in [0.15, 0.2) is 4.52 Å². The Morgan fingerprint density at radius 1 is 1.38 bits per heavy atom. The van der Waals surface area contributed by atoms with E-state index in [4.69, 9.17) is 4.52 Å². The Labute approximate surface area is 123 Å². The maximum absolute atomic E-state index is 12.6. The minimum atomic E-state index is -1.16. The zero-order chi connectivity index (χ0) is 15.0. The Kier molecular flexibility index (Phi) is 3.71. The van der Waals surface area contributed by atoms with Gasteiger partial charge in [-0.25, -0.2) is 0 Å². The van der Waals surface area contributed by atoms with Crippen LogP contribution in [0.1, 0.15) is 43.4 Å².